The molecule has 0 spiro atoms. The summed E-state index contributed by atoms with van der Waals surface area (Å²) in [6, 6.07) is 15.7. The molecule has 1 saturated heterocycles. The van der Waals surface area contributed by atoms with Gasteiger partial charge in [0.1, 0.15) is 24.8 Å². The molecule has 0 saturated carbocycles. The highest BCUT2D eigenvalue weighted by molar-refractivity contribution is 6.17. The zero-order valence-corrected chi connectivity index (χ0v) is 26.1. The van der Waals surface area contributed by atoms with Crippen molar-refractivity contribution in [1.82, 2.24) is 24.0 Å². The molecule has 11 heteroatoms. The summed E-state index contributed by atoms with van der Waals surface area (Å²) in [4.78, 5) is 13.4. The van der Waals surface area contributed by atoms with E-state index in [4.69, 9.17) is 21.1 Å². The first-order chi connectivity index (χ1) is 22.1. The predicted molar refractivity (Wildman–Crippen MR) is 175 cm³/mol. The van der Waals surface area contributed by atoms with Crippen LogP contribution in [0.3, 0.4) is 0 Å². The van der Waals surface area contributed by atoms with Gasteiger partial charge in [0, 0.05) is 69.0 Å². The lowest BCUT2D eigenvalue weighted by molar-refractivity contribution is 0.171. The fourth-order valence-corrected chi connectivity index (χ4v) is 6.07. The summed E-state index contributed by atoms with van der Waals surface area (Å²) >= 11 is 5.61. The summed E-state index contributed by atoms with van der Waals surface area (Å²) < 4.78 is 41.7. The van der Waals surface area contributed by atoms with Gasteiger partial charge in [-0.1, -0.05) is 0 Å². The fraction of sp³-hybridized carbons (Fsp3) is 0.412. The Morgan fingerprint density at radius 2 is 1.22 bits per heavy atom. The number of aryl methyl sites for hydroxylation is 2. The minimum Gasteiger partial charge on any atom is -0.486 e. The van der Waals surface area contributed by atoms with Crippen molar-refractivity contribution < 1.29 is 18.3 Å². The third-order valence-electron chi connectivity index (χ3n) is 8.34. The molecule has 5 aromatic rings. The highest BCUT2D eigenvalue weighted by Crippen LogP contribution is 2.34. The van der Waals surface area contributed by atoms with Crippen molar-refractivity contribution in [3.05, 3.63) is 78.9 Å². The Labute approximate surface area is 267 Å². The normalized spacial score (nSPS) is 15.0. The van der Waals surface area contributed by atoms with Crippen molar-refractivity contribution >= 4 is 39.4 Å². The maximum absolute atomic E-state index is 13.3. The van der Waals surface area contributed by atoms with E-state index in [1.807, 2.05) is 23.0 Å². The van der Waals surface area contributed by atoms with Gasteiger partial charge in [0.25, 0.3) is 0 Å². The first-order valence-electron chi connectivity index (χ1n) is 15.7. The number of hydrogen-bond acceptors (Lipinski definition) is 6. The van der Waals surface area contributed by atoms with Gasteiger partial charge in [0.05, 0.1) is 34.7 Å². The predicted octanol–water partition coefficient (Wildman–Crippen LogP) is 6.74. The molecule has 2 aliphatic rings. The highest BCUT2D eigenvalue weighted by atomic mass is 35.5. The molecule has 238 valence electrons. The van der Waals surface area contributed by atoms with Gasteiger partial charge in [-0.2, -0.15) is 0 Å². The zero-order valence-electron chi connectivity index (χ0n) is 25.4. The SMILES string of the molecule is Fc1ccc2c(c1)ncn2CCCCCl.Fc1ccc2c(c1)ncn2CCCCN1CCN(c2ccc3c(c2)OCCO3)CC1. The van der Waals surface area contributed by atoms with Crippen molar-refractivity contribution in [2.24, 2.45) is 0 Å². The van der Waals surface area contributed by atoms with E-state index in [-0.39, 0.29) is 11.6 Å². The van der Waals surface area contributed by atoms with Crippen molar-refractivity contribution in [2.75, 3.05) is 56.7 Å². The Hall–Kier alpha value is -3.89. The van der Waals surface area contributed by atoms with E-state index in [9.17, 15) is 8.78 Å². The molecule has 2 aromatic heterocycles. The molecule has 0 N–H and O–H groups in total. The Balaban J connectivity index is 0.000000200. The van der Waals surface area contributed by atoms with E-state index < -0.39 is 0 Å². The second kappa shape index (κ2) is 14.9. The number of imidazole rings is 2. The molecule has 0 radical (unpaired) electrons. The molecular weight excluding hydrogens is 598 g/mol. The maximum Gasteiger partial charge on any atom is 0.163 e. The standard InChI is InChI=1S/C23H27FN4O2.C11H12ClFN2/c24-18-3-5-21-20(15-18)25-17-28(21)8-2-1-7-26-9-11-27(12-10-26)19-4-6-22-23(16-19)30-14-13-29-22;12-5-1-2-6-15-8-14-10-7-9(13)3-4-11(10)15/h3-6,15-17H,1-2,7-14H2;3-4,7-8H,1-2,5-6H2. The lowest BCUT2D eigenvalue weighted by Crippen LogP contribution is -2.46. The van der Waals surface area contributed by atoms with Crippen LogP contribution in [0.5, 0.6) is 11.5 Å². The fourth-order valence-electron chi connectivity index (χ4n) is 5.88. The summed E-state index contributed by atoms with van der Waals surface area (Å²) in [5.74, 6) is 1.91. The number of piperazine rings is 1. The first-order valence-corrected chi connectivity index (χ1v) is 16.2. The van der Waals surface area contributed by atoms with Gasteiger partial charge in [0.15, 0.2) is 11.5 Å². The average molecular weight is 637 g/mol. The van der Waals surface area contributed by atoms with Crippen molar-refractivity contribution in [3.8, 4) is 11.5 Å². The van der Waals surface area contributed by atoms with E-state index in [1.165, 1.54) is 30.0 Å². The van der Waals surface area contributed by atoms with E-state index in [0.717, 1.165) is 99.5 Å². The molecule has 0 aliphatic carbocycles. The van der Waals surface area contributed by atoms with Crippen molar-refractivity contribution in [3.63, 3.8) is 0 Å². The summed E-state index contributed by atoms with van der Waals surface area (Å²) in [6.07, 6.45) is 7.80. The number of hydrogen-bond donors (Lipinski definition) is 0. The van der Waals surface area contributed by atoms with Crippen LogP contribution in [-0.2, 0) is 13.1 Å². The molecule has 0 atom stereocenters. The summed E-state index contributed by atoms with van der Waals surface area (Å²) in [5, 5.41) is 0. The number of fused-ring (bicyclic) bond motifs is 3. The third kappa shape index (κ3) is 7.86. The second-order valence-electron chi connectivity index (χ2n) is 11.4. The monoisotopic (exact) mass is 636 g/mol. The highest BCUT2D eigenvalue weighted by Gasteiger charge is 2.19. The van der Waals surface area contributed by atoms with Gasteiger partial charge in [-0.25, -0.2) is 18.7 Å². The maximum atomic E-state index is 13.3. The van der Waals surface area contributed by atoms with E-state index in [2.05, 4.69) is 36.5 Å². The van der Waals surface area contributed by atoms with Crippen LogP contribution in [-0.4, -0.2) is 75.8 Å². The Morgan fingerprint density at radius 3 is 1.84 bits per heavy atom. The number of alkyl halides is 1. The quantitative estimate of drug-likeness (QED) is 0.125. The van der Waals surface area contributed by atoms with E-state index in [0.29, 0.717) is 24.6 Å². The molecule has 7 rings (SSSR count). The molecule has 1 fully saturated rings. The number of halogens is 3. The van der Waals surface area contributed by atoms with Crippen LogP contribution in [0.15, 0.2) is 67.3 Å². The molecule has 4 heterocycles. The molecule has 0 bridgehead atoms. The molecule has 45 heavy (non-hydrogen) atoms. The number of rotatable bonds is 10. The Bertz CT molecular complexity index is 1700. The average Bonchev–Trinajstić information content (AvgIpc) is 3.66. The van der Waals surface area contributed by atoms with Crippen molar-refractivity contribution in [1.29, 1.82) is 0 Å². The van der Waals surface area contributed by atoms with Gasteiger partial charge < -0.3 is 23.5 Å². The Kier molecular flexibility index (Phi) is 10.3. The number of anilines is 1. The zero-order chi connectivity index (χ0) is 31.0. The van der Waals surface area contributed by atoms with E-state index in [1.54, 1.807) is 12.4 Å². The van der Waals surface area contributed by atoms with Gasteiger partial charge in [-0.05, 0) is 68.6 Å². The van der Waals surface area contributed by atoms with Crippen LogP contribution in [0.2, 0.25) is 0 Å². The van der Waals surface area contributed by atoms with Gasteiger partial charge in [0.2, 0.25) is 0 Å². The van der Waals surface area contributed by atoms with Gasteiger partial charge in [-0.3, -0.25) is 4.90 Å². The lowest BCUT2D eigenvalue weighted by Gasteiger charge is -2.36. The topological polar surface area (TPSA) is 60.6 Å². The first kappa shape index (κ1) is 31.1. The molecule has 0 amide bonds. The van der Waals surface area contributed by atoms with Crippen LogP contribution in [0, 0.1) is 11.6 Å². The molecule has 0 unspecified atom stereocenters. The van der Waals surface area contributed by atoms with Crippen LogP contribution < -0.4 is 14.4 Å². The summed E-state index contributed by atoms with van der Waals surface area (Å²) in [7, 11) is 0. The second-order valence-corrected chi connectivity index (χ2v) is 11.8. The van der Waals surface area contributed by atoms with Crippen LogP contribution in [0.25, 0.3) is 22.1 Å². The van der Waals surface area contributed by atoms with Gasteiger partial charge >= 0.3 is 0 Å². The van der Waals surface area contributed by atoms with Gasteiger partial charge in [-0.15, -0.1) is 11.6 Å². The summed E-state index contributed by atoms with van der Waals surface area (Å²) in [5.41, 5.74) is 4.63. The summed E-state index contributed by atoms with van der Waals surface area (Å²) in [6.45, 7) is 8.35. The molecular formula is C34H39ClF2N6O2. The molecule has 2 aliphatic heterocycles. The largest absolute Gasteiger partial charge is 0.486 e. The number of nitrogens with zero attached hydrogens (tertiary/aromatic N) is 6. The van der Waals surface area contributed by atoms with Crippen LogP contribution in [0.1, 0.15) is 25.7 Å². The number of benzene rings is 3. The van der Waals surface area contributed by atoms with E-state index >= 15 is 0 Å². The molecule has 3 aromatic carbocycles. The Morgan fingerprint density at radius 1 is 0.644 bits per heavy atom. The lowest BCUT2D eigenvalue weighted by atomic mass is 10.2. The van der Waals surface area contributed by atoms with Crippen LogP contribution >= 0.6 is 11.6 Å². The number of aromatic nitrogens is 4. The molecule has 8 nitrogen and oxygen atoms in total. The smallest absolute Gasteiger partial charge is 0.163 e. The van der Waals surface area contributed by atoms with Crippen LogP contribution in [0.4, 0.5) is 14.5 Å². The minimum atomic E-state index is -0.242. The minimum absolute atomic E-state index is 0.233. The van der Waals surface area contributed by atoms with Crippen molar-refractivity contribution in [2.45, 2.75) is 38.8 Å². The number of ether oxygens (including phenoxy) is 2. The number of unbranched alkanes of at least 4 members (excludes halogenated alkanes) is 2. The third-order valence-corrected chi connectivity index (χ3v) is 8.60.